The molecule has 0 N–H and O–H groups in total. The monoisotopic (exact) mass is 529 g/mol. The zero-order valence-corrected chi connectivity index (χ0v) is 24.4. The van der Waals surface area contributed by atoms with Crippen LogP contribution in [-0.4, -0.2) is 27.0 Å². The molecule has 6 rings (SSSR count). The molecule has 6 heteroatoms. The lowest BCUT2D eigenvalue weighted by atomic mass is 9.32. The molecule has 0 saturated heterocycles. The quantitative estimate of drug-likeness (QED) is 0.418. The molecule has 6 nitrogen and oxygen atoms in total. The molecule has 0 amide bonds. The molecule has 0 bridgehead atoms. The lowest BCUT2D eigenvalue weighted by Crippen LogP contribution is -2.68. The van der Waals surface area contributed by atoms with E-state index in [4.69, 9.17) is 0 Å². The SMILES string of the molecule is CC1C(=O)C(C#N)=CC2(C)C1CCC1(C)C2CC(=O)C2C3CC(C)(C)CCC3(C(=O)n3ccnc3)CCC21C. The maximum absolute atomic E-state index is 14.6. The van der Waals surface area contributed by atoms with Gasteiger partial charge in [0.05, 0.1) is 11.0 Å². The van der Waals surface area contributed by atoms with Gasteiger partial charge in [0.15, 0.2) is 5.78 Å². The predicted octanol–water partition coefficient (Wildman–Crippen LogP) is 6.43. The van der Waals surface area contributed by atoms with Gasteiger partial charge in [0.1, 0.15) is 18.2 Å². The number of nitriles is 1. The zero-order chi connectivity index (χ0) is 28.2. The van der Waals surface area contributed by atoms with Crippen molar-refractivity contribution in [3.8, 4) is 6.07 Å². The van der Waals surface area contributed by atoms with Gasteiger partial charge >= 0.3 is 0 Å². The second-order valence-corrected chi connectivity index (χ2v) is 15.3. The van der Waals surface area contributed by atoms with Gasteiger partial charge in [-0.05, 0) is 84.4 Å². The number of rotatable bonds is 1. The predicted molar refractivity (Wildman–Crippen MR) is 147 cm³/mol. The maximum atomic E-state index is 14.6. The van der Waals surface area contributed by atoms with Crippen molar-refractivity contribution in [2.75, 3.05) is 0 Å². The largest absolute Gasteiger partial charge is 0.299 e. The van der Waals surface area contributed by atoms with Crippen molar-refractivity contribution in [1.82, 2.24) is 9.55 Å². The molecule has 5 aliphatic carbocycles. The van der Waals surface area contributed by atoms with E-state index in [2.05, 4.69) is 45.7 Å². The molecule has 4 fully saturated rings. The van der Waals surface area contributed by atoms with Crippen LogP contribution in [0.5, 0.6) is 0 Å². The number of Topliss-reactive ketones (excluding diaryl/α,β-unsaturated/α-hetero) is 2. The van der Waals surface area contributed by atoms with Crippen LogP contribution in [0.25, 0.3) is 0 Å². The highest BCUT2D eigenvalue weighted by Gasteiger charge is 2.72. The second kappa shape index (κ2) is 8.24. The molecule has 39 heavy (non-hydrogen) atoms. The van der Waals surface area contributed by atoms with E-state index in [1.165, 1.54) is 0 Å². The first-order valence-electron chi connectivity index (χ1n) is 15.0. The Bertz CT molecular complexity index is 1320. The maximum Gasteiger partial charge on any atom is 0.238 e. The number of aromatic nitrogens is 2. The van der Waals surface area contributed by atoms with Crippen molar-refractivity contribution in [3.63, 3.8) is 0 Å². The van der Waals surface area contributed by atoms with Gasteiger partial charge in [0.2, 0.25) is 5.91 Å². The molecule has 0 aliphatic heterocycles. The van der Waals surface area contributed by atoms with Crippen molar-refractivity contribution >= 4 is 17.5 Å². The molecule has 1 aromatic heterocycles. The van der Waals surface area contributed by atoms with Crippen LogP contribution < -0.4 is 0 Å². The van der Waals surface area contributed by atoms with Gasteiger partial charge in [0.25, 0.3) is 0 Å². The summed E-state index contributed by atoms with van der Waals surface area (Å²) < 4.78 is 1.66. The Hall–Kier alpha value is -2.55. The lowest BCUT2D eigenvalue weighted by Gasteiger charge is -2.71. The van der Waals surface area contributed by atoms with Gasteiger partial charge in [-0.25, -0.2) is 4.98 Å². The van der Waals surface area contributed by atoms with E-state index in [1.807, 2.05) is 13.0 Å². The Balaban J connectivity index is 1.47. The minimum atomic E-state index is -0.542. The summed E-state index contributed by atoms with van der Waals surface area (Å²) in [5.41, 5.74) is -0.939. The van der Waals surface area contributed by atoms with Gasteiger partial charge in [-0.15, -0.1) is 0 Å². The van der Waals surface area contributed by atoms with Gasteiger partial charge in [-0.3, -0.25) is 19.0 Å². The van der Waals surface area contributed by atoms with Crippen molar-refractivity contribution < 1.29 is 14.4 Å². The van der Waals surface area contributed by atoms with Crippen LogP contribution in [0.1, 0.15) is 97.7 Å². The molecule has 9 atom stereocenters. The molecule has 1 heterocycles. The number of hydrogen-bond acceptors (Lipinski definition) is 5. The Morgan fingerprint density at radius 2 is 1.74 bits per heavy atom. The minimum absolute atomic E-state index is 0.00257. The van der Waals surface area contributed by atoms with E-state index in [1.54, 1.807) is 23.3 Å². The highest BCUT2D eigenvalue weighted by molar-refractivity contribution is 6.02. The van der Waals surface area contributed by atoms with Crippen molar-refractivity contribution in [3.05, 3.63) is 30.4 Å². The molecule has 0 radical (unpaired) electrons. The second-order valence-electron chi connectivity index (χ2n) is 15.3. The Labute approximate surface area is 232 Å². The number of imidazole rings is 1. The minimum Gasteiger partial charge on any atom is -0.299 e. The fourth-order valence-electron chi connectivity index (χ4n) is 10.9. The Morgan fingerprint density at radius 1 is 1.03 bits per heavy atom. The topological polar surface area (TPSA) is 92.8 Å². The van der Waals surface area contributed by atoms with Gasteiger partial charge in [-0.2, -0.15) is 5.26 Å². The first kappa shape index (κ1) is 26.7. The molecular formula is C33H43N3O3. The third-order valence-electron chi connectivity index (χ3n) is 13.3. The van der Waals surface area contributed by atoms with Gasteiger partial charge < -0.3 is 0 Å². The number of carbonyl (C=O) groups excluding carboxylic acids is 3. The van der Waals surface area contributed by atoms with E-state index < -0.39 is 5.41 Å². The molecular weight excluding hydrogens is 486 g/mol. The smallest absolute Gasteiger partial charge is 0.238 e. The number of hydrogen-bond donors (Lipinski definition) is 0. The van der Waals surface area contributed by atoms with Crippen LogP contribution in [0.15, 0.2) is 30.4 Å². The molecule has 0 aromatic carbocycles. The summed E-state index contributed by atoms with van der Waals surface area (Å²) in [5, 5.41) is 9.83. The normalized spacial score (nSPS) is 46.6. The summed E-state index contributed by atoms with van der Waals surface area (Å²) in [6.07, 6.45) is 13.7. The fourth-order valence-corrected chi connectivity index (χ4v) is 10.9. The number of ketones is 2. The first-order chi connectivity index (χ1) is 18.2. The average molecular weight is 530 g/mol. The van der Waals surface area contributed by atoms with Crippen LogP contribution in [0.4, 0.5) is 0 Å². The Kier molecular flexibility index (Phi) is 5.63. The molecule has 208 valence electrons. The molecule has 1 aromatic rings. The van der Waals surface area contributed by atoms with Crippen LogP contribution in [0, 0.1) is 68.0 Å². The number of fused-ring (bicyclic) bond motifs is 7. The number of nitrogens with zero attached hydrogens (tertiary/aromatic N) is 3. The zero-order valence-electron chi connectivity index (χ0n) is 24.4. The number of carbonyl (C=O) groups is 3. The average Bonchev–Trinajstić information content (AvgIpc) is 3.42. The summed E-state index contributed by atoms with van der Waals surface area (Å²) >= 11 is 0. The van der Waals surface area contributed by atoms with Crippen molar-refractivity contribution in [1.29, 1.82) is 5.26 Å². The van der Waals surface area contributed by atoms with Crippen molar-refractivity contribution in [2.45, 2.75) is 92.9 Å². The van der Waals surface area contributed by atoms with Gasteiger partial charge in [0, 0.05) is 30.7 Å². The molecule has 4 saturated carbocycles. The van der Waals surface area contributed by atoms with E-state index in [0.29, 0.717) is 12.2 Å². The summed E-state index contributed by atoms with van der Waals surface area (Å²) in [6.45, 7) is 13.5. The third-order valence-corrected chi connectivity index (χ3v) is 13.3. The summed E-state index contributed by atoms with van der Waals surface area (Å²) in [5.74, 6) is 0.218. The highest BCUT2D eigenvalue weighted by Crippen LogP contribution is 2.75. The summed E-state index contributed by atoms with van der Waals surface area (Å²) in [7, 11) is 0. The number of allylic oxidation sites excluding steroid dienone is 2. The first-order valence-corrected chi connectivity index (χ1v) is 15.0. The highest BCUT2D eigenvalue weighted by atomic mass is 16.2. The third kappa shape index (κ3) is 3.31. The van der Waals surface area contributed by atoms with E-state index >= 15 is 0 Å². The van der Waals surface area contributed by atoms with E-state index in [9.17, 15) is 19.6 Å². The van der Waals surface area contributed by atoms with Crippen LogP contribution in [0.2, 0.25) is 0 Å². The fraction of sp³-hybridized carbons (Fsp3) is 0.727. The summed E-state index contributed by atoms with van der Waals surface area (Å²) in [6, 6.07) is 2.19. The van der Waals surface area contributed by atoms with E-state index in [-0.39, 0.29) is 68.5 Å². The lowest BCUT2D eigenvalue weighted by molar-refractivity contribution is -0.213. The summed E-state index contributed by atoms with van der Waals surface area (Å²) in [4.78, 5) is 45.9. The van der Waals surface area contributed by atoms with E-state index in [0.717, 1.165) is 44.9 Å². The van der Waals surface area contributed by atoms with Crippen molar-refractivity contribution in [2.24, 2.45) is 56.7 Å². The van der Waals surface area contributed by atoms with Gasteiger partial charge in [-0.1, -0.05) is 47.6 Å². The molecule has 9 unspecified atom stereocenters. The molecule has 5 aliphatic rings. The Morgan fingerprint density at radius 3 is 2.41 bits per heavy atom. The van der Waals surface area contributed by atoms with Crippen LogP contribution >= 0.6 is 0 Å². The van der Waals surface area contributed by atoms with Crippen LogP contribution in [0.3, 0.4) is 0 Å². The molecule has 0 spiro atoms. The van der Waals surface area contributed by atoms with Crippen LogP contribution in [-0.2, 0) is 9.59 Å². The standard InChI is InChI=1S/C33H43N3O3/c1-20-22-7-8-31(5)25(30(22,4)16-21(18-34)27(20)38)15-24(37)26-23-17-29(2,3)9-11-33(23,12-10-32(26,31)6)28(39)36-14-13-35-19-36/h13-14,16,19-20,22-23,25-26H,7-12,15,17H2,1-6H3.